The molecule has 1 rings (SSSR count). The Bertz CT molecular complexity index is 414. The van der Waals surface area contributed by atoms with Crippen LogP contribution in [0.4, 0.5) is 0 Å². The van der Waals surface area contributed by atoms with E-state index in [-0.39, 0.29) is 22.5 Å². The van der Waals surface area contributed by atoms with E-state index >= 15 is 0 Å². The van der Waals surface area contributed by atoms with E-state index in [1.54, 1.807) is 6.92 Å². The number of H-pyrrole nitrogens is 1. The highest BCUT2D eigenvalue weighted by atomic mass is 35.5. The molecule has 0 radical (unpaired) electrons. The summed E-state index contributed by atoms with van der Waals surface area (Å²) in [7, 11) is 0. The van der Waals surface area contributed by atoms with Crippen molar-refractivity contribution in [1.82, 2.24) is 4.98 Å². The SMILES string of the molecule is CCOC(=O)c1[nH]c(Cl)cc(=O)c1Cl. The number of pyridine rings is 1. The van der Waals surface area contributed by atoms with Crippen LogP contribution in [0.2, 0.25) is 10.2 Å². The van der Waals surface area contributed by atoms with Gasteiger partial charge in [0.15, 0.2) is 0 Å². The Balaban J connectivity index is 3.20. The molecule has 0 spiro atoms. The molecule has 6 heteroatoms. The second-order valence-corrected chi connectivity index (χ2v) is 3.18. The van der Waals surface area contributed by atoms with Crippen molar-refractivity contribution in [2.75, 3.05) is 6.61 Å². The monoisotopic (exact) mass is 235 g/mol. The average molecular weight is 236 g/mol. The van der Waals surface area contributed by atoms with Gasteiger partial charge in [-0.05, 0) is 6.92 Å². The molecule has 14 heavy (non-hydrogen) atoms. The molecule has 1 heterocycles. The van der Waals surface area contributed by atoms with Gasteiger partial charge in [-0.3, -0.25) is 4.79 Å². The normalized spacial score (nSPS) is 9.93. The first-order valence-corrected chi connectivity index (χ1v) is 4.57. The lowest BCUT2D eigenvalue weighted by molar-refractivity contribution is 0.0519. The molecule has 0 amide bonds. The fraction of sp³-hybridized carbons (Fsp3) is 0.250. The fourth-order valence-electron chi connectivity index (χ4n) is 0.856. The lowest BCUT2D eigenvalue weighted by Crippen LogP contribution is -2.14. The van der Waals surface area contributed by atoms with Crippen molar-refractivity contribution in [3.63, 3.8) is 0 Å². The van der Waals surface area contributed by atoms with Crippen molar-refractivity contribution in [3.8, 4) is 0 Å². The number of halogens is 2. The number of carbonyl (C=O) groups excluding carboxylic acids is 1. The second-order valence-electron chi connectivity index (χ2n) is 2.39. The molecule has 0 aliphatic rings. The van der Waals surface area contributed by atoms with Gasteiger partial charge in [0.05, 0.1) is 6.61 Å². The summed E-state index contributed by atoms with van der Waals surface area (Å²) in [5.41, 5.74) is -0.635. The molecule has 0 atom stereocenters. The van der Waals surface area contributed by atoms with Gasteiger partial charge in [0.1, 0.15) is 15.9 Å². The van der Waals surface area contributed by atoms with Crippen LogP contribution in [0.3, 0.4) is 0 Å². The van der Waals surface area contributed by atoms with Gasteiger partial charge in [0, 0.05) is 6.07 Å². The van der Waals surface area contributed by atoms with Gasteiger partial charge >= 0.3 is 5.97 Å². The Hall–Kier alpha value is -1.00. The summed E-state index contributed by atoms with van der Waals surface area (Å²) in [6, 6.07) is 1.09. The standard InChI is InChI=1S/C8H7Cl2NO3/c1-2-14-8(13)7-6(10)4(12)3-5(9)11-7/h3H,2H2,1H3,(H,11,12). The summed E-state index contributed by atoms with van der Waals surface area (Å²) >= 11 is 11.1. The highest BCUT2D eigenvalue weighted by Gasteiger charge is 2.15. The zero-order valence-corrected chi connectivity index (χ0v) is 8.78. The molecular formula is C8H7Cl2NO3. The van der Waals surface area contributed by atoms with E-state index in [0.29, 0.717) is 0 Å². The summed E-state index contributed by atoms with van der Waals surface area (Å²) in [4.78, 5) is 24.8. The van der Waals surface area contributed by atoms with Gasteiger partial charge in [-0.2, -0.15) is 0 Å². The van der Waals surface area contributed by atoms with Crippen LogP contribution in [-0.4, -0.2) is 17.6 Å². The minimum Gasteiger partial charge on any atom is -0.461 e. The van der Waals surface area contributed by atoms with Crippen LogP contribution < -0.4 is 5.43 Å². The van der Waals surface area contributed by atoms with Crippen molar-refractivity contribution < 1.29 is 9.53 Å². The van der Waals surface area contributed by atoms with E-state index in [1.165, 1.54) is 0 Å². The molecule has 0 aliphatic carbocycles. The molecule has 0 fully saturated rings. The second kappa shape index (κ2) is 4.48. The summed E-state index contributed by atoms with van der Waals surface area (Å²) < 4.78 is 4.67. The van der Waals surface area contributed by atoms with Crippen LogP contribution in [0.1, 0.15) is 17.4 Å². The van der Waals surface area contributed by atoms with E-state index in [2.05, 4.69) is 9.72 Å². The minimum atomic E-state index is -0.697. The Kier molecular flexibility index (Phi) is 3.55. The highest BCUT2D eigenvalue weighted by Crippen LogP contribution is 2.12. The van der Waals surface area contributed by atoms with Gasteiger partial charge in [0.25, 0.3) is 0 Å². The molecule has 0 saturated carbocycles. The quantitative estimate of drug-likeness (QED) is 0.629. The largest absolute Gasteiger partial charge is 0.461 e. The van der Waals surface area contributed by atoms with E-state index in [0.717, 1.165) is 6.07 Å². The van der Waals surface area contributed by atoms with Crippen molar-refractivity contribution in [1.29, 1.82) is 0 Å². The van der Waals surface area contributed by atoms with Crippen LogP contribution in [0.25, 0.3) is 0 Å². The van der Waals surface area contributed by atoms with E-state index in [1.807, 2.05) is 0 Å². The third-order valence-corrected chi connectivity index (χ3v) is 2.00. The zero-order chi connectivity index (χ0) is 10.7. The number of hydrogen-bond acceptors (Lipinski definition) is 3. The molecule has 0 bridgehead atoms. The third-order valence-electron chi connectivity index (χ3n) is 1.42. The summed E-state index contributed by atoms with van der Waals surface area (Å²) in [6.07, 6.45) is 0. The Morgan fingerprint density at radius 3 is 2.79 bits per heavy atom. The maximum absolute atomic E-state index is 11.2. The molecule has 4 nitrogen and oxygen atoms in total. The number of aromatic amines is 1. The lowest BCUT2D eigenvalue weighted by atomic mass is 10.3. The average Bonchev–Trinajstić information content (AvgIpc) is 2.11. The first kappa shape index (κ1) is 11.1. The molecular weight excluding hydrogens is 229 g/mol. The number of ether oxygens (including phenoxy) is 1. The van der Waals surface area contributed by atoms with Gasteiger partial charge in [0.2, 0.25) is 5.43 Å². The van der Waals surface area contributed by atoms with Gasteiger partial charge in [-0.15, -0.1) is 0 Å². The van der Waals surface area contributed by atoms with Gasteiger partial charge in [-0.1, -0.05) is 23.2 Å². The molecule has 0 unspecified atom stereocenters. The van der Waals surface area contributed by atoms with E-state index < -0.39 is 11.4 Å². The highest BCUT2D eigenvalue weighted by molar-refractivity contribution is 6.34. The van der Waals surface area contributed by atoms with E-state index in [9.17, 15) is 9.59 Å². The molecule has 1 N–H and O–H groups in total. The predicted octanol–water partition coefficient (Wildman–Crippen LogP) is 1.86. The van der Waals surface area contributed by atoms with Gasteiger partial charge in [-0.25, -0.2) is 4.79 Å². The number of carbonyl (C=O) groups is 1. The topological polar surface area (TPSA) is 59.2 Å². The van der Waals surface area contributed by atoms with Crippen LogP contribution in [-0.2, 0) is 4.74 Å². The molecule has 1 aromatic heterocycles. The maximum Gasteiger partial charge on any atom is 0.356 e. The van der Waals surface area contributed by atoms with Gasteiger partial charge < -0.3 is 9.72 Å². The Morgan fingerprint density at radius 2 is 2.21 bits per heavy atom. The number of nitrogens with one attached hydrogen (secondary N) is 1. The number of aromatic nitrogens is 1. The lowest BCUT2D eigenvalue weighted by Gasteiger charge is -2.03. The van der Waals surface area contributed by atoms with Crippen molar-refractivity contribution >= 4 is 29.2 Å². The van der Waals surface area contributed by atoms with Crippen molar-refractivity contribution in [3.05, 3.63) is 32.2 Å². The first-order valence-electron chi connectivity index (χ1n) is 3.81. The molecule has 0 saturated heterocycles. The summed E-state index contributed by atoms with van der Waals surface area (Å²) in [6.45, 7) is 1.85. The van der Waals surface area contributed by atoms with Crippen LogP contribution in [0.15, 0.2) is 10.9 Å². The Morgan fingerprint density at radius 1 is 1.57 bits per heavy atom. The van der Waals surface area contributed by atoms with Crippen molar-refractivity contribution in [2.45, 2.75) is 6.92 Å². The zero-order valence-electron chi connectivity index (χ0n) is 7.27. The molecule has 1 aromatic rings. The number of rotatable bonds is 2. The third kappa shape index (κ3) is 2.27. The minimum absolute atomic E-state index is 0.0439. The first-order chi connectivity index (χ1) is 6.56. The summed E-state index contributed by atoms with van der Waals surface area (Å²) in [5.74, 6) is -0.697. The van der Waals surface area contributed by atoms with Crippen molar-refractivity contribution in [2.24, 2.45) is 0 Å². The predicted molar refractivity (Wildman–Crippen MR) is 53.0 cm³/mol. The fourth-order valence-corrected chi connectivity index (χ4v) is 1.23. The molecule has 76 valence electrons. The van der Waals surface area contributed by atoms with E-state index in [4.69, 9.17) is 23.2 Å². The van der Waals surface area contributed by atoms with Crippen LogP contribution >= 0.6 is 23.2 Å². The molecule has 0 aromatic carbocycles. The number of esters is 1. The Labute approximate surface area is 89.8 Å². The summed E-state index contributed by atoms with van der Waals surface area (Å²) in [5, 5.41) is -0.171. The number of hydrogen-bond donors (Lipinski definition) is 1. The van der Waals surface area contributed by atoms with Crippen LogP contribution in [0.5, 0.6) is 0 Å². The maximum atomic E-state index is 11.2. The van der Waals surface area contributed by atoms with Crippen LogP contribution in [0, 0.1) is 0 Å². The molecule has 0 aliphatic heterocycles. The smallest absolute Gasteiger partial charge is 0.356 e.